The smallest absolute Gasteiger partial charge is 0.255 e. The Balaban J connectivity index is 1.39. The Hall–Kier alpha value is -3.72. The van der Waals surface area contributed by atoms with Crippen LogP contribution in [-0.2, 0) is 11.3 Å². The number of aromatic nitrogens is 2. The van der Waals surface area contributed by atoms with Crippen molar-refractivity contribution in [2.75, 3.05) is 19.7 Å². The van der Waals surface area contributed by atoms with Gasteiger partial charge in [-0.05, 0) is 54.8 Å². The monoisotopic (exact) mass is 477 g/mol. The normalized spacial score (nSPS) is 21.4. The lowest BCUT2D eigenvalue weighted by molar-refractivity contribution is -0.122. The number of nitrogens with zero attached hydrogens (tertiary/aromatic N) is 3. The lowest BCUT2D eigenvalue weighted by Crippen LogP contribution is -2.44. The molecule has 1 saturated heterocycles. The average Bonchev–Trinajstić information content (AvgIpc) is 3.52. The largest absolute Gasteiger partial charge is 0.491 e. The standard InChI is InChI=1S/C26H28FN5O3/c27-19-5-8-24-23(14-19)26(34)29-16-22-7-6-20(15-25(33)28-10-12-35-24)31(22)17-18-3-1-4-21(13-18)32-11-2-9-30-32/h1-5,8-9,11,13-14,20,22H,6-7,10,12,15-17H2,(H,28,33)(H,29,34)/t20-,22+/m0/s1. The summed E-state index contributed by atoms with van der Waals surface area (Å²) in [6.07, 6.45) is 5.72. The summed E-state index contributed by atoms with van der Waals surface area (Å²) in [6.45, 7) is 1.53. The third kappa shape index (κ3) is 5.35. The number of hydrogen-bond donors (Lipinski definition) is 2. The Kier molecular flexibility index (Phi) is 6.76. The molecule has 0 saturated carbocycles. The first kappa shape index (κ1) is 23.0. The molecule has 35 heavy (non-hydrogen) atoms. The molecule has 8 nitrogen and oxygen atoms in total. The van der Waals surface area contributed by atoms with E-state index in [0.29, 0.717) is 31.8 Å². The number of benzene rings is 2. The van der Waals surface area contributed by atoms with E-state index in [1.165, 1.54) is 18.2 Å². The summed E-state index contributed by atoms with van der Waals surface area (Å²) in [5, 5.41) is 10.2. The minimum absolute atomic E-state index is 0.0324. The molecule has 1 aromatic heterocycles. The summed E-state index contributed by atoms with van der Waals surface area (Å²) >= 11 is 0. The van der Waals surface area contributed by atoms with Crippen LogP contribution in [0.2, 0.25) is 0 Å². The zero-order valence-electron chi connectivity index (χ0n) is 19.3. The molecule has 2 aliphatic rings. The first-order valence-corrected chi connectivity index (χ1v) is 11.9. The Labute approximate surface area is 203 Å². The van der Waals surface area contributed by atoms with E-state index < -0.39 is 5.82 Å². The van der Waals surface area contributed by atoms with E-state index in [1.54, 1.807) is 6.20 Å². The second-order valence-electron chi connectivity index (χ2n) is 8.93. The number of amides is 2. The van der Waals surface area contributed by atoms with Crippen LogP contribution < -0.4 is 15.4 Å². The third-order valence-corrected chi connectivity index (χ3v) is 6.60. The van der Waals surface area contributed by atoms with E-state index in [-0.39, 0.29) is 36.1 Å². The van der Waals surface area contributed by atoms with E-state index in [4.69, 9.17) is 4.74 Å². The van der Waals surface area contributed by atoms with Gasteiger partial charge in [0.1, 0.15) is 18.2 Å². The Bertz CT molecular complexity index is 1200. The van der Waals surface area contributed by atoms with Gasteiger partial charge in [-0.3, -0.25) is 14.5 Å². The molecule has 5 rings (SSSR count). The van der Waals surface area contributed by atoms with Crippen LogP contribution in [0, 0.1) is 5.82 Å². The van der Waals surface area contributed by atoms with Crippen LogP contribution in [0.3, 0.4) is 0 Å². The highest BCUT2D eigenvalue weighted by Crippen LogP contribution is 2.29. The number of fused-ring (bicyclic) bond motifs is 3. The van der Waals surface area contributed by atoms with Gasteiger partial charge in [-0.25, -0.2) is 9.07 Å². The molecule has 2 atom stereocenters. The van der Waals surface area contributed by atoms with Crippen LogP contribution in [0.1, 0.15) is 35.2 Å². The number of halogens is 1. The van der Waals surface area contributed by atoms with Crippen molar-refractivity contribution >= 4 is 11.8 Å². The highest BCUT2D eigenvalue weighted by molar-refractivity contribution is 5.97. The maximum Gasteiger partial charge on any atom is 0.255 e. The van der Waals surface area contributed by atoms with Gasteiger partial charge in [0.2, 0.25) is 5.91 Å². The van der Waals surface area contributed by atoms with E-state index in [2.05, 4.69) is 32.8 Å². The number of carbonyl (C=O) groups is 2. The van der Waals surface area contributed by atoms with Crippen molar-refractivity contribution in [3.05, 3.63) is 77.9 Å². The molecule has 2 bridgehead atoms. The zero-order chi connectivity index (χ0) is 24.2. The minimum atomic E-state index is -0.503. The molecule has 2 N–H and O–H groups in total. The van der Waals surface area contributed by atoms with Crippen LogP contribution in [0.5, 0.6) is 5.75 Å². The number of hydrogen-bond acceptors (Lipinski definition) is 5. The highest BCUT2D eigenvalue weighted by Gasteiger charge is 2.35. The first-order valence-electron chi connectivity index (χ1n) is 11.9. The summed E-state index contributed by atoms with van der Waals surface area (Å²) in [5.41, 5.74) is 2.22. The fourth-order valence-corrected chi connectivity index (χ4v) is 4.89. The number of ether oxygens (including phenoxy) is 1. The van der Waals surface area contributed by atoms with Crippen LogP contribution in [0.25, 0.3) is 5.69 Å². The second kappa shape index (κ2) is 10.3. The van der Waals surface area contributed by atoms with Crippen molar-refractivity contribution in [1.82, 2.24) is 25.3 Å². The van der Waals surface area contributed by atoms with Gasteiger partial charge >= 0.3 is 0 Å². The van der Waals surface area contributed by atoms with Gasteiger partial charge in [-0.15, -0.1) is 0 Å². The van der Waals surface area contributed by atoms with Crippen molar-refractivity contribution < 1.29 is 18.7 Å². The van der Waals surface area contributed by atoms with E-state index in [9.17, 15) is 14.0 Å². The first-order chi connectivity index (χ1) is 17.1. The maximum absolute atomic E-state index is 13.9. The fourth-order valence-electron chi connectivity index (χ4n) is 4.89. The summed E-state index contributed by atoms with van der Waals surface area (Å²) in [6, 6.07) is 14.0. The van der Waals surface area contributed by atoms with E-state index in [1.807, 2.05) is 29.1 Å². The molecular formula is C26H28FN5O3. The van der Waals surface area contributed by atoms with Crippen LogP contribution in [0.4, 0.5) is 4.39 Å². The quantitative estimate of drug-likeness (QED) is 0.606. The van der Waals surface area contributed by atoms with Gasteiger partial charge in [0.25, 0.3) is 5.91 Å². The number of nitrogens with one attached hydrogen (secondary N) is 2. The summed E-state index contributed by atoms with van der Waals surface area (Å²) in [4.78, 5) is 27.9. The summed E-state index contributed by atoms with van der Waals surface area (Å²) < 4.78 is 21.4. The molecule has 2 aliphatic heterocycles. The van der Waals surface area contributed by atoms with Gasteiger partial charge in [-0.1, -0.05) is 12.1 Å². The Morgan fingerprint density at radius 1 is 1.06 bits per heavy atom. The van der Waals surface area contributed by atoms with Crippen LogP contribution >= 0.6 is 0 Å². The average molecular weight is 478 g/mol. The number of rotatable bonds is 3. The van der Waals surface area contributed by atoms with Gasteiger partial charge in [0.05, 0.1) is 17.8 Å². The summed E-state index contributed by atoms with van der Waals surface area (Å²) in [5.74, 6) is -0.608. The molecule has 0 aliphatic carbocycles. The number of carbonyl (C=O) groups excluding carboxylic acids is 2. The molecule has 0 radical (unpaired) electrons. The third-order valence-electron chi connectivity index (χ3n) is 6.60. The lowest BCUT2D eigenvalue weighted by Gasteiger charge is -2.30. The highest BCUT2D eigenvalue weighted by atomic mass is 19.1. The fraction of sp³-hybridized carbons (Fsp3) is 0.346. The predicted octanol–water partition coefficient (Wildman–Crippen LogP) is 2.67. The molecule has 0 spiro atoms. The van der Waals surface area contributed by atoms with Gasteiger partial charge in [0.15, 0.2) is 0 Å². The lowest BCUT2D eigenvalue weighted by atomic mass is 10.1. The summed E-state index contributed by atoms with van der Waals surface area (Å²) in [7, 11) is 0. The molecule has 0 unspecified atom stereocenters. The molecule has 2 aromatic carbocycles. The molecule has 1 fully saturated rings. The van der Waals surface area contributed by atoms with Crippen molar-refractivity contribution in [3.8, 4) is 11.4 Å². The molecule has 3 heterocycles. The molecular weight excluding hydrogens is 449 g/mol. The van der Waals surface area contributed by atoms with Gasteiger partial charge < -0.3 is 15.4 Å². The van der Waals surface area contributed by atoms with Crippen molar-refractivity contribution in [3.63, 3.8) is 0 Å². The molecule has 9 heteroatoms. The topological polar surface area (TPSA) is 88.5 Å². The second-order valence-corrected chi connectivity index (χ2v) is 8.93. The van der Waals surface area contributed by atoms with Crippen molar-refractivity contribution in [1.29, 1.82) is 0 Å². The maximum atomic E-state index is 13.9. The van der Waals surface area contributed by atoms with Crippen LogP contribution in [0.15, 0.2) is 60.9 Å². The van der Waals surface area contributed by atoms with Crippen molar-refractivity contribution in [2.24, 2.45) is 0 Å². The van der Waals surface area contributed by atoms with Crippen LogP contribution in [-0.4, -0.2) is 58.3 Å². The van der Waals surface area contributed by atoms with Gasteiger partial charge in [0, 0.05) is 44.0 Å². The predicted molar refractivity (Wildman–Crippen MR) is 128 cm³/mol. The van der Waals surface area contributed by atoms with E-state index in [0.717, 1.165) is 24.1 Å². The zero-order valence-corrected chi connectivity index (χ0v) is 19.3. The van der Waals surface area contributed by atoms with Crippen molar-refractivity contribution in [2.45, 2.75) is 37.9 Å². The molecule has 3 aromatic rings. The Morgan fingerprint density at radius 3 is 2.80 bits per heavy atom. The Morgan fingerprint density at radius 2 is 1.94 bits per heavy atom. The molecule has 182 valence electrons. The SMILES string of the molecule is O=C1C[C@@H]2CC[C@H](CNC(=O)c3cc(F)ccc3OCCN1)N2Cc1cccc(-n2cccn2)c1. The van der Waals surface area contributed by atoms with Gasteiger partial charge in [-0.2, -0.15) is 5.10 Å². The molecule has 2 amide bonds. The van der Waals surface area contributed by atoms with E-state index >= 15 is 0 Å². The minimum Gasteiger partial charge on any atom is -0.491 e.